The van der Waals surface area contributed by atoms with Crippen LogP contribution >= 0.6 is 12.4 Å². The van der Waals surface area contributed by atoms with Crippen molar-refractivity contribution >= 4 is 30.1 Å². The number of carbonyl (C=O) groups is 3. The van der Waals surface area contributed by atoms with Gasteiger partial charge in [-0.1, -0.05) is 43.5 Å². The molecule has 2 aliphatic heterocycles. The van der Waals surface area contributed by atoms with Crippen LogP contribution in [0.2, 0.25) is 0 Å². The van der Waals surface area contributed by atoms with Crippen LogP contribution in [0.5, 0.6) is 17.2 Å². The van der Waals surface area contributed by atoms with Gasteiger partial charge in [0, 0.05) is 38.3 Å². The largest absolute Gasteiger partial charge is 0.497 e. The molecule has 10 nitrogen and oxygen atoms in total. The molecule has 3 amide bonds. The molecule has 6 rings (SSSR count). The Morgan fingerprint density at radius 3 is 2.08 bits per heavy atom. The topological polar surface area (TPSA) is 120 Å². The second-order valence-corrected chi connectivity index (χ2v) is 13.5. The van der Waals surface area contributed by atoms with Gasteiger partial charge in [0.25, 0.3) is 5.91 Å². The Morgan fingerprint density at radius 1 is 0.878 bits per heavy atom. The van der Waals surface area contributed by atoms with Crippen molar-refractivity contribution in [2.24, 2.45) is 0 Å². The lowest BCUT2D eigenvalue weighted by Gasteiger charge is -2.54. The lowest BCUT2D eigenvalue weighted by Crippen LogP contribution is -2.71. The van der Waals surface area contributed by atoms with Gasteiger partial charge in [-0.05, 0) is 91.8 Å². The molecule has 2 heterocycles. The highest BCUT2D eigenvalue weighted by molar-refractivity contribution is 5.98. The summed E-state index contributed by atoms with van der Waals surface area (Å²) in [6.45, 7) is 1.58. The summed E-state index contributed by atoms with van der Waals surface area (Å²) < 4.78 is 11.3. The molecule has 2 unspecified atom stereocenters. The number of hydrogen-bond acceptors (Lipinski definition) is 7. The van der Waals surface area contributed by atoms with Gasteiger partial charge in [0.15, 0.2) is 0 Å². The van der Waals surface area contributed by atoms with Gasteiger partial charge in [0.1, 0.15) is 22.8 Å². The highest BCUT2D eigenvalue weighted by Crippen LogP contribution is 2.42. The fourth-order valence-electron chi connectivity index (χ4n) is 7.63. The molecular weight excluding hydrogens is 644 g/mol. The van der Waals surface area contributed by atoms with E-state index in [0.29, 0.717) is 56.0 Å². The first-order valence-electron chi connectivity index (χ1n) is 17.0. The van der Waals surface area contributed by atoms with Crippen LogP contribution in [0.3, 0.4) is 0 Å². The molecule has 2 saturated heterocycles. The molecule has 0 bridgehead atoms. The zero-order valence-corrected chi connectivity index (χ0v) is 29.1. The third-order valence-corrected chi connectivity index (χ3v) is 10.3. The summed E-state index contributed by atoms with van der Waals surface area (Å²) in [5.74, 6) is 1.71. The molecule has 1 aliphatic carbocycles. The van der Waals surface area contributed by atoms with Crippen molar-refractivity contribution in [1.29, 1.82) is 0 Å². The highest BCUT2D eigenvalue weighted by Gasteiger charge is 2.54. The highest BCUT2D eigenvalue weighted by atomic mass is 35.5. The van der Waals surface area contributed by atoms with Gasteiger partial charge >= 0.3 is 0 Å². The van der Waals surface area contributed by atoms with Gasteiger partial charge in [0.05, 0.1) is 19.3 Å². The van der Waals surface area contributed by atoms with Crippen LogP contribution in [-0.4, -0.2) is 77.1 Å². The summed E-state index contributed by atoms with van der Waals surface area (Å²) in [7, 11) is 3.22. The predicted molar refractivity (Wildman–Crippen MR) is 189 cm³/mol. The summed E-state index contributed by atoms with van der Waals surface area (Å²) in [5, 5.41) is 17.3. The molecule has 3 aromatic rings. The number of nitrogens with one attached hydrogen (secondary N) is 2. The number of hydrogen-bond donors (Lipinski definition) is 3. The van der Waals surface area contributed by atoms with E-state index in [1.165, 1.54) is 0 Å². The van der Waals surface area contributed by atoms with Crippen molar-refractivity contribution in [2.45, 2.75) is 81.6 Å². The van der Waals surface area contributed by atoms with Crippen LogP contribution in [0, 0.1) is 0 Å². The maximum absolute atomic E-state index is 13.8. The SMILES string of the molecule is CNC(=O)c1ccc(Oc2ccc(CN3CCC4(CC3CC3(O)CCCCC3)C(=O)NCC(=O)N4Cc3ccc(OC)cc3)cc2)cc1.Cl. The molecule has 262 valence electrons. The first kappa shape index (κ1) is 36.2. The fourth-order valence-corrected chi connectivity index (χ4v) is 7.63. The van der Waals surface area contributed by atoms with Crippen molar-refractivity contribution in [3.05, 3.63) is 89.5 Å². The van der Waals surface area contributed by atoms with E-state index in [2.05, 4.69) is 15.5 Å². The van der Waals surface area contributed by atoms with Crippen LogP contribution in [0.25, 0.3) is 0 Å². The van der Waals surface area contributed by atoms with Crippen molar-refractivity contribution < 1.29 is 29.0 Å². The number of likely N-dealkylation sites (tertiary alicyclic amines) is 1. The standard InChI is InChI=1S/C38H46N4O6.ClH/c1-39-35(44)29-10-16-33(17-11-29)48-32-14-8-27(9-15-32)25-41-21-20-38(23-30(41)22-37(46)18-4-3-5-19-37)36(45)40-24-34(43)42(38)26-28-6-12-31(47-2)13-7-28;/h6-17,30,46H,3-5,18-26H2,1-2H3,(H,39,44)(H,40,45);1H. The first-order valence-corrected chi connectivity index (χ1v) is 17.0. The van der Waals surface area contributed by atoms with Gasteiger partial charge < -0.3 is 30.1 Å². The number of carbonyl (C=O) groups excluding carboxylic acids is 3. The number of nitrogens with zero attached hydrogens (tertiary/aromatic N) is 2. The van der Waals surface area contributed by atoms with E-state index in [-0.39, 0.29) is 42.7 Å². The Morgan fingerprint density at radius 2 is 1.47 bits per heavy atom. The number of rotatable bonds is 10. The number of halogens is 1. The van der Waals surface area contributed by atoms with Crippen LogP contribution in [-0.2, 0) is 22.7 Å². The molecule has 3 aromatic carbocycles. The average molecular weight is 691 g/mol. The van der Waals surface area contributed by atoms with E-state index in [1.54, 1.807) is 43.3 Å². The van der Waals surface area contributed by atoms with Crippen LogP contribution in [0.15, 0.2) is 72.8 Å². The summed E-state index contributed by atoms with van der Waals surface area (Å²) in [5.41, 5.74) is 0.809. The summed E-state index contributed by atoms with van der Waals surface area (Å²) in [6, 6.07) is 22.5. The molecule has 0 aromatic heterocycles. The van der Waals surface area contributed by atoms with E-state index < -0.39 is 11.1 Å². The molecule has 3 fully saturated rings. The minimum atomic E-state index is -0.994. The van der Waals surface area contributed by atoms with E-state index >= 15 is 0 Å². The lowest BCUT2D eigenvalue weighted by molar-refractivity contribution is -0.161. The quantitative estimate of drug-likeness (QED) is 0.267. The molecule has 3 aliphatic rings. The van der Waals surface area contributed by atoms with E-state index in [9.17, 15) is 19.5 Å². The van der Waals surface area contributed by atoms with Crippen molar-refractivity contribution in [1.82, 2.24) is 20.4 Å². The molecule has 2 atom stereocenters. The lowest BCUT2D eigenvalue weighted by atomic mass is 9.73. The third kappa shape index (κ3) is 8.20. The van der Waals surface area contributed by atoms with Crippen LogP contribution in [0.4, 0.5) is 0 Å². The van der Waals surface area contributed by atoms with Crippen LogP contribution < -0.4 is 20.1 Å². The summed E-state index contributed by atoms with van der Waals surface area (Å²) in [4.78, 5) is 43.3. The summed E-state index contributed by atoms with van der Waals surface area (Å²) >= 11 is 0. The van der Waals surface area contributed by atoms with Crippen molar-refractivity contribution in [3.63, 3.8) is 0 Å². The molecule has 11 heteroatoms. The Bertz CT molecular complexity index is 1590. The number of piperidine rings is 1. The van der Waals surface area contributed by atoms with Gasteiger partial charge in [0.2, 0.25) is 11.8 Å². The molecule has 3 N–H and O–H groups in total. The number of ether oxygens (including phenoxy) is 2. The Labute approximate surface area is 294 Å². The molecule has 1 spiro atoms. The molecule has 1 saturated carbocycles. The molecule has 0 radical (unpaired) electrons. The fraction of sp³-hybridized carbons (Fsp3) is 0.447. The second kappa shape index (κ2) is 15.6. The zero-order valence-electron chi connectivity index (χ0n) is 28.3. The van der Waals surface area contributed by atoms with Crippen LogP contribution in [0.1, 0.15) is 72.9 Å². The smallest absolute Gasteiger partial charge is 0.251 e. The Balaban J connectivity index is 0.00000468. The zero-order chi connectivity index (χ0) is 33.7. The number of amides is 3. The monoisotopic (exact) mass is 690 g/mol. The maximum atomic E-state index is 13.8. The van der Waals surface area contributed by atoms with E-state index in [4.69, 9.17) is 9.47 Å². The number of piperazine rings is 1. The third-order valence-electron chi connectivity index (χ3n) is 10.3. The minimum Gasteiger partial charge on any atom is -0.497 e. The van der Waals surface area contributed by atoms with Crippen molar-refractivity contribution in [3.8, 4) is 17.2 Å². The maximum Gasteiger partial charge on any atom is 0.251 e. The van der Waals surface area contributed by atoms with Gasteiger partial charge in [-0.25, -0.2) is 0 Å². The van der Waals surface area contributed by atoms with E-state index in [0.717, 1.165) is 49.0 Å². The molecule has 49 heavy (non-hydrogen) atoms. The second-order valence-electron chi connectivity index (χ2n) is 13.5. The summed E-state index contributed by atoms with van der Waals surface area (Å²) in [6.07, 6.45) is 6.13. The normalized spacial score (nSPS) is 22.2. The van der Waals surface area contributed by atoms with Gasteiger partial charge in [-0.3, -0.25) is 19.3 Å². The van der Waals surface area contributed by atoms with Gasteiger partial charge in [-0.15, -0.1) is 12.4 Å². The number of benzene rings is 3. The minimum absolute atomic E-state index is 0. The van der Waals surface area contributed by atoms with Gasteiger partial charge in [-0.2, -0.15) is 0 Å². The predicted octanol–water partition coefficient (Wildman–Crippen LogP) is 5.22. The Kier molecular flexibility index (Phi) is 11.5. The molecular formula is C38H47ClN4O6. The van der Waals surface area contributed by atoms with Crippen molar-refractivity contribution in [2.75, 3.05) is 27.2 Å². The number of methoxy groups -OCH3 is 1. The Hall–Kier alpha value is -4.12. The van der Waals surface area contributed by atoms with E-state index in [1.807, 2.05) is 48.5 Å². The first-order chi connectivity index (χ1) is 23.2. The number of aliphatic hydroxyl groups is 1. The average Bonchev–Trinajstić information content (AvgIpc) is 3.11.